The van der Waals surface area contributed by atoms with E-state index in [1.165, 1.54) is 11.8 Å². The molecule has 1 aliphatic rings. The first-order chi connectivity index (χ1) is 15.5. The number of aliphatic imine (C=N–C) groups is 1. The van der Waals surface area contributed by atoms with Gasteiger partial charge in [0, 0.05) is 24.7 Å². The molecule has 0 bridgehead atoms. The van der Waals surface area contributed by atoms with Crippen LogP contribution in [-0.2, 0) is 9.59 Å². The van der Waals surface area contributed by atoms with Gasteiger partial charge in [0.1, 0.15) is 16.7 Å². The molecular formula is C24H27N3O4S. The van der Waals surface area contributed by atoms with Gasteiger partial charge in [-0.2, -0.15) is 0 Å². The van der Waals surface area contributed by atoms with Gasteiger partial charge in [0.2, 0.25) is 11.8 Å². The van der Waals surface area contributed by atoms with Crippen LogP contribution in [0.25, 0.3) is 0 Å². The molecule has 1 fully saturated rings. The van der Waals surface area contributed by atoms with Gasteiger partial charge in [0.15, 0.2) is 5.17 Å². The SMILES string of the molecule is C=CCN1C(=O)CC(C(=O)Nc2ccc(OCCC)cc2)SC1=Nc1cccc(OC)c1. The van der Waals surface area contributed by atoms with Gasteiger partial charge in [0.05, 0.1) is 19.4 Å². The number of nitrogens with one attached hydrogen (secondary N) is 1. The molecule has 2 aromatic carbocycles. The fourth-order valence-corrected chi connectivity index (χ4v) is 4.13. The molecule has 0 saturated carbocycles. The topological polar surface area (TPSA) is 80.2 Å². The van der Waals surface area contributed by atoms with Gasteiger partial charge < -0.3 is 14.8 Å². The van der Waals surface area contributed by atoms with E-state index >= 15 is 0 Å². The summed E-state index contributed by atoms with van der Waals surface area (Å²) in [6, 6.07) is 14.4. The number of hydrogen-bond donors (Lipinski definition) is 1. The third kappa shape index (κ3) is 6.13. The second-order valence-electron chi connectivity index (χ2n) is 7.06. The molecule has 168 valence electrons. The lowest BCUT2D eigenvalue weighted by Crippen LogP contribution is -2.45. The normalized spacial score (nSPS) is 17.2. The maximum absolute atomic E-state index is 12.9. The Balaban J connectivity index is 1.75. The van der Waals surface area contributed by atoms with Crippen molar-refractivity contribution in [2.75, 3.05) is 25.6 Å². The monoisotopic (exact) mass is 453 g/mol. The van der Waals surface area contributed by atoms with Gasteiger partial charge >= 0.3 is 0 Å². The van der Waals surface area contributed by atoms with E-state index < -0.39 is 5.25 Å². The van der Waals surface area contributed by atoms with E-state index in [4.69, 9.17) is 9.47 Å². The van der Waals surface area contributed by atoms with Crippen molar-refractivity contribution < 1.29 is 19.1 Å². The Morgan fingerprint density at radius 2 is 2.06 bits per heavy atom. The fraction of sp³-hybridized carbons (Fsp3) is 0.292. The van der Waals surface area contributed by atoms with Gasteiger partial charge in [-0.15, -0.1) is 6.58 Å². The number of nitrogens with zero attached hydrogens (tertiary/aromatic N) is 2. The van der Waals surface area contributed by atoms with E-state index in [1.807, 2.05) is 37.3 Å². The standard InChI is InChI=1S/C24H27N3O4S/c1-4-13-27-22(28)16-21(32-24(27)26-18-7-6-8-20(15-18)30-3)23(29)25-17-9-11-19(12-10-17)31-14-5-2/h4,6-12,15,21H,1,5,13-14,16H2,2-3H3,(H,25,29). The maximum atomic E-state index is 12.9. The molecular weight excluding hydrogens is 426 g/mol. The molecule has 7 nitrogen and oxygen atoms in total. The van der Waals surface area contributed by atoms with Crippen molar-refractivity contribution in [2.24, 2.45) is 4.99 Å². The van der Waals surface area contributed by atoms with Gasteiger partial charge in [-0.1, -0.05) is 30.8 Å². The average molecular weight is 454 g/mol. The lowest BCUT2D eigenvalue weighted by molar-refractivity contribution is -0.129. The van der Waals surface area contributed by atoms with Crippen LogP contribution in [0.1, 0.15) is 19.8 Å². The molecule has 0 aromatic heterocycles. The lowest BCUT2D eigenvalue weighted by Gasteiger charge is -2.31. The van der Waals surface area contributed by atoms with Crippen molar-refractivity contribution in [2.45, 2.75) is 25.0 Å². The Morgan fingerprint density at radius 1 is 1.28 bits per heavy atom. The van der Waals surface area contributed by atoms with Crippen LogP contribution in [0.2, 0.25) is 0 Å². The number of amides is 2. The molecule has 1 aliphatic heterocycles. The zero-order chi connectivity index (χ0) is 22.9. The van der Waals surface area contributed by atoms with E-state index in [-0.39, 0.29) is 18.2 Å². The number of thioether (sulfide) groups is 1. The summed E-state index contributed by atoms with van der Waals surface area (Å²) in [7, 11) is 1.58. The molecule has 1 heterocycles. The van der Waals surface area contributed by atoms with Crippen LogP contribution < -0.4 is 14.8 Å². The zero-order valence-electron chi connectivity index (χ0n) is 18.2. The summed E-state index contributed by atoms with van der Waals surface area (Å²) in [6.45, 7) is 6.73. The molecule has 32 heavy (non-hydrogen) atoms. The highest BCUT2D eigenvalue weighted by atomic mass is 32.2. The first kappa shape index (κ1) is 23.4. The van der Waals surface area contributed by atoms with Crippen molar-refractivity contribution in [1.29, 1.82) is 0 Å². The van der Waals surface area contributed by atoms with Crippen molar-refractivity contribution in [1.82, 2.24) is 4.90 Å². The first-order valence-corrected chi connectivity index (χ1v) is 11.3. The number of rotatable bonds is 9. The Labute approximate surface area is 192 Å². The second kappa shape index (κ2) is 11.4. The minimum absolute atomic E-state index is 0.0825. The number of hydrogen-bond acceptors (Lipinski definition) is 6. The molecule has 2 aromatic rings. The van der Waals surface area contributed by atoms with Crippen LogP contribution in [0.3, 0.4) is 0 Å². The quantitative estimate of drug-likeness (QED) is 0.560. The van der Waals surface area contributed by atoms with Crippen molar-refractivity contribution in [3.8, 4) is 11.5 Å². The summed E-state index contributed by atoms with van der Waals surface area (Å²) < 4.78 is 10.8. The Bertz CT molecular complexity index is 991. The Kier molecular flexibility index (Phi) is 8.33. The van der Waals surface area contributed by atoms with Crippen molar-refractivity contribution in [3.63, 3.8) is 0 Å². The molecule has 0 spiro atoms. The van der Waals surface area contributed by atoms with Crippen LogP contribution in [0.4, 0.5) is 11.4 Å². The van der Waals surface area contributed by atoms with E-state index in [0.29, 0.717) is 35.4 Å². The Hall–Kier alpha value is -3.26. The summed E-state index contributed by atoms with van der Waals surface area (Å²) in [6.07, 6.45) is 2.65. The molecule has 1 N–H and O–H groups in total. The van der Waals surface area contributed by atoms with Crippen LogP contribution in [-0.4, -0.2) is 47.4 Å². The summed E-state index contributed by atoms with van der Waals surface area (Å²) in [5.74, 6) is 0.991. The van der Waals surface area contributed by atoms with Gasteiger partial charge in [-0.3, -0.25) is 14.5 Å². The molecule has 1 atom stereocenters. The fourth-order valence-electron chi connectivity index (χ4n) is 3.02. The van der Waals surface area contributed by atoms with E-state index in [2.05, 4.69) is 16.9 Å². The maximum Gasteiger partial charge on any atom is 0.238 e. The summed E-state index contributed by atoms with van der Waals surface area (Å²) in [5.41, 5.74) is 1.28. The minimum Gasteiger partial charge on any atom is -0.497 e. The zero-order valence-corrected chi connectivity index (χ0v) is 19.1. The highest BCUT2D eigenvalue weighted by molar-refractivity contribution is 8.15. The molecule has 3 rings (SSSR count). The molecule has 0 radical (unpaired) electrons. The number of methoxy groups -OCH3 is 1. The highest BCUT2D eigenvalue weighted by Crippen LogP contribution is 2.31. The smallest absolute Gasteiger partial charge is 0.238 e. The molecule has 2 amide bonds. The largest absolute Gasteiger partial charge is 0.497 e. The molecule has 1 saturated heterocycles. The second-order valence-corrected chi connectivity index (χ2v) is 8.23. The van der Waals surface area contributed by atoms with Crippen LogP contribution in [0.15, 0.2) is 66.2 Å². The molecule has 1 unspecified atom stereocenters. The van der Waals surface area contributed by atoms with Crippen LogP contribution >= 0.6 is 11.8 Å². The van der Waals surface area contributed by atoms with Crippen molar-refractivity contribution >= 4 is 40.1 Å². The third-order valence-corrected chi connectivity index (χ3v) is 5.80. The third-order valence-electron chi connectivity index (χ3n) is 4.62. The predicted molar refractivity (Wildman–Crippen MR) is 129 cm³/mol. The van der Waals surface area contributed by atoms with Gasteiger partial charge in [-0.25, -0.2) is 4.99 Å². The summed E-state index contributed by atoms with van der Waals surface area (Å²) >= 11 is 1.26. The van der Waals surface area contributed by atoms with Crippen LogP contribution in [0.5, 0.6) is 11.5 Å². The van der Waals surface area contributed by atoms with Crippen LogP contribution in [0, 0.1) is 0 Å². The number of carbonyl (C=O) groups excluding carboxylic acids is 2. The number of ether oxygens (including phenoxy) is 2. The van der Waals surface area contributed by atoms with E-state index in [9.17, 15) is 9.59 Å². The number of carbonyl (C=O) groups is 2. The summed E-state index contributed by atoms with van der Waals surface area (Å²) in [4.78, 5) is 31.8. The molecule has 0 aliphatic carbocycles. The average Bonchev–Trinajstić information content (AvgIpc) is 2.80. The Morgan fingerprint density at radius 3 is 2.75 bits per heavy atom. The molecule has 8 heteroatoms. The highest BCUT2D eigenvalue weighted by Gasteiger charge is 2.35. The first-order valence-electron chi connectivity index (χ1n) is 10.4. The van der Waals surface area contributed by atoms with E-state index in [0.717, 1.165) is 12.2 Å². The van der Waals surface area contributed by atoms with E-state index in [1.54, 1.807) is 36.3 Å². The number of benzene rings is 2. The van der Waals surface area contributed by atoms with Gasteiger partial charge in [0.25, 0.3) is 0 Å². The predicted octanol–water partition coefficient (Wildman–Crippen LogP) is 4.63. The number of amidine groups is 1. The lowest BCUT2D eigenvalue weighted by atomic mass is 10.2. The number of anilines is 1. The van der Waals surface area contributed by atoms with Crippen molar-refractivity contribution in [3.05, 3.63) is 61.2 Å². The minimum atomic E-state index is -0.594. The summed E-state index contributed by atoms with van der Waals surface area (Å²) in [5, 5.41) is 2.75. The van der Waals surface area contributed by atoms with Gasteiger partial charge in [-0.05, 0) is 42.8 Å².